The number of nitrogens with zero attached hydrogens (tertiary/aromatic N) is 3. The number of amides is 1. The summed E-state index contributed by atoms with van der Waals surface area (Å²) in [6.07, 6.45) is 0. The van der Waals surface area contributed by atoms with Crippen LogP contribution in [0.15, 0.2) is 63.8 Å². The molecule has 0 aliphatic carbocycles. The molecule has 0 spiro atoms. The van der Waals surface area contributed by atoms with E-state index in [9.17, 15) is 4.79 Å². The van der Waals surface area contributed by atoms with Gasteiger partial charge >= 0.3 is 0 Å². The van der Waals surface area contributed by atoms with E-state index in [0.29, 0.717) is 10.7 Å². The van der Waals surface area contributed by atoms with Crippen molar-refractivity contribution in [3.63, 3.8) is 0 Å². The SMILES string of the molecule is CC(Sc1ccccc1)C(=O)Nc1nnc(SCc2ccc(C#N)cc2)s1. The van der Waals surface area contributed by atoms with Crippen molar-refractivity contribution in [3.8, 4) is 6.07 Å². The van der Waals surface area contributed by atoms with Crippen molar-refractivity contribution < 1.29 is 4.79 Å². The maximum Gasteiger partial charge on any atom is 0.239 e. The number of hydrogen-bond acceptors (Lipinski definition) is 7. The summed E-state index contributed by atoms with van der Waals surface area (Å²) in [5, 5.41) is 20.1. The fraction of sp³-hybridized carbons (Fsp3) is 0.158. The Morgan fingerprint density at radius 1 is 1.19 bits per heavy atom. The normalized spacial score (nSPS) is 11.6. The average molecular weight is 413 g/mol. The Balaban J connectivity index is 1.51. The van der Waals surface area contributed by atoms with Gasteiger partial charge < -0.3 is 0 Å². The number of carbonyl (C=O) groups excluding carboxylic acids is 1. The van der Waals surface area contributed by atoms with Crippen LogP contribution in [-0.2, 0) is 10.5 Å². The Morgan fingerprint density at radius 3 is 2.63 bits per heavy atom. The van der Waals surface area contributed by atoms with E-state index in [2.05, 4.69) is 21.6 Å². The molecule has 136 valence electrons. The van der Waals surface area contributed by atoms with Crippen molar-refractivity contribution in [3.05, 3.63) is 65.7 Å². The lowest BCUT2D eigenvalue weighted by Crippen LogP contribution is -2.22. The van der Waals surface area contributed by atoms with Gasteiger partial charge in [0.1, 0.15) is 0 Å². The van der Waals surface area contributed by atoms with Gasteiger partial charge in [-0.05, 0) is 36.8 Å². The lowest BCUT2D eigenvalue weighted by molar-refractivity contribution is -0.115. The first kappa shape index (κ1) is 19.4. The van der Waals surface area contributed by atoms with Crippen molar-refractivity contribution in [2.75, 3.05) is 5.32 Å². The molecule has 1 heterocycles. The molecule has 1 N–H and O–H groups in total. The standard InChI is InChI=1S/C19H16N4OS3/c1-13(26-16-5-3-2-4-6-16)17(24)21-18-22-23-19(27-18)25-12-15-9-7-14(11-20)8-10-15/h2-10,13H,12H2,1H3,(H,21,22,24). The maximum absolute atomic E-state index is 12.3. The number of nitrogens with one attached hydrogen (secondary N) is 1. The van der Waals surface area contributed by atoms with Crippen LogP contribution in [0, 0.1) is 11.3 Å². The highest BCUT2D eigenvalue weighted by Gasteiger charge is 2.16. The highest BCUT2D eigenvalue weighted by Crippen LogP contribution is 2.29. The summed E-state index contributed by atoms with van der Waals surface area (Å²) < 4.78 is 0.790. The Hall–Kier alpha value is -2.34. The average Bonchev–Trinajstić information content (AvgIpc) is 3.15. The highest BCUT2D eigenvalue weighted by atomic mass is 32.2. The fourth-order valence-corrected chi connectivity index (χ4v) is 4.70. The van der Waals surface area contributed by atoms with Crippen LogP contribution in [0.1, 0.15) is 18.1 Å². The van der Waals surface area contributed by atoms with Crippen LogP contribution in [-0.4, -0.2) is 21.4 Å². The summed E-state index contributed by atoms with van der Waals surface area (Å²) in [6.45, 7) is 1.87. The predicted molar refractivity (Wildman–Crippen MR) is 111 cm³/mol. The number of aromatic nitrogens is 2. The number of carbonyl (C=O) groups is 1. The van der Waals surface area contributed by atoms with E-state index >= 15 is 0 Å². The molecule has 0 saturated heterocycles. The molecule has 0 aliphatic heterocycles. The number of rotatable bonds is 7. The van der Waals surface area contributed by atoms with Crippen molar-refractivity contribution in [1.82, 2.24) is 10.2 Å². The monoisotopic (exact) mass is 412 g/mol. The van der Waals surface area contributed by atoms with Gasteiger partial charge in [-0.3, -0.25) is 10.1 Å². The van der Waals surface area contributed by atoms with Crippen LogP contribution in [0.3, 0.4) is 0 Å². The van der Waals surface area contributed by atoms with Crippen LogP contribution in [0.4, 0.5) is 5.13 Å². The largest absolute Gasteiger partial charge is 0.300 e. The zero-order valence-electron chi connectivity index (χ0n) is 14.5. The van der Waals surface area contributed by atoms with Gasteiger partial charge in [0, 0.05) is 10.6 Å². The number of nitriles is 1. The number of hydrogen-bond donors (Lipinski definition) is 1. The molecule has 1 unspecified atom stereocenters. The second-order valence-corrected chi connectivity index (χ2v) is 9.15. The molecule has 0 aliphatic rings. The predicted octanol–water partition coefficient (Wildman–Crippen LogP) is 4.82. The molecule has 3 aromatic rings. The van der Waals surface area contributed by atoms with E-state index in [0.717, 1.165) is 20.6 Å². The number of anilines is 1. The lowest BCUT2D eigenvalue weighted by Gasteiger charge is -2.09. The second kappa shape index (κ2) is 9.55. The smallest absolute Gasteiger partial charge is 0.239 e. The van der Waals surface area contributed by atoms with Crippen LogP contribution < -0.4 is 5.32 Å². The summed E-state index contributed by atoms with van der Waals surface area (Å²) in [5.41, 5.74) is 1.75. The first-order chi connectivity index (χ1) is 13.1. The molecule has 5 nitrogen and oxygen atoms in total. The van der Waals surface area contributed by atoms with Crippen molar-refractivity contribution in [2.45, 2.75) is 27.2 Å². The highest BCUT2D eigenvalue weighted by molar-refractivity contribution is 8.00. The Labute approximate surface area is 170 Å². The topological polar surface area (TPSA) is 78.7 Å². The summed E-state index contributed by atoms with van der Waals surface area (Å²) in [5.74, 6) is 0.637. The van der Waals surface area contributed by atoms with Gasteiger partial charge in [0.2, 0.25) is 11.0 Å². The third kappa shape index (κ3) is 5.82. The Morgan fingerprint density at radius 2 is 1.93 bits per heavy atom. The quantitative estimate of drug-likeness (QED) is 0.443. The van der Waals surface area contributed by atoms with Crippen LogP contribution >= 0.6 is 34.9 Å². The van der Waals surface area contributed by atoms with E-state index in [1.54, 1.807) is 23.9 Å². The zero-order valence-corrected chi connectivity index (χ0v) is 16.9. The molecule has 3 rings (SSSR count). The van der Waals surface area contributed by atoms with E-state index < -0.39 is 0 Å². The van der Waals surface area contributed by atoms with Gasteiger partial charge in [0.05, 0.1) is 16.9 Å². The molecule has 0 radical (unpaired) electrons. The zero-order chi connectivity index (χ0) is 19.1. The van der Waals surface area contributed by atoms with Crippen molar-refractivity contribution in [2.24, 2.45) is 0 Å². The van der Waals surface area contributed by atoms with Crippen LogP contribution in [0.25, 0.3) is 0 Å². The molecule has 0 saturated carbocycles. The molecule has 0 fully saturated rings. The van der Waals surface area contributed by atoms with Gasteiger partial charge in [-0.2, -0.15) is 5.26 Å². The van der Waals surface area contributed by atoms with Crippen LogP contribution in [0.5, 0.6) is 0 Å². The van der Waals surface area contributed by atoms with Crippen LogP contribution in [0.2, 0.25) is 0 Å². The molecule has 1 atom stereocenters. The molecule has 2 aromatic carbocycles. The van der Waals surface area contributed by atoms with Crippen molar-refractivity contribution >= 4 is 45.9 Å². The second-order valence-electron chi connectivity index (χ2n) is 5.53. The first-order valence-corrected chi connectivity index (χ1v) is 10.8. The molecule has 8 heteroatoms. The van der Waals surface area contributed by atoms with E-state index in [4.69, 9.17) is 5.26 Å². The van der Waals surface area contributed by atoms with Gasteiger partial charge in [-0.1, -0.05) is 53.4 Å². The summed E-state index contributed by atoms with van der Waals surface area (Å²) in [6, 6.07) is 19.4. The Kier molecular flexibility index (Phi) is 6.87. The van der Waals surface area contributed by atoms with E-state index in [1.165, 1.54) is 23.1 Å². The van der Waals surface area contributed by atoms with Crippen molar-refractivity contribution in [1.29, 1.82) is 5.26 Å². The minimum atomic E-state index is -0.231. The molecule has 1 aromatic heterocycles. The van der Waals surface area contributed by atoms with Gasteiger partial charge in [-0.25, -0.2) is 0 Å². The molecular weight excluding hydrogens is 396 g/mol. The summed E-state index contributed by atoms with van der Waals surface area (Å²) >= 11 is 4.41. The maximum atomic E-state index is 12.3. The molecule has 0 bridgehead atoms. The third-order valence-electron chi connectivity index (χ3n) is 3.51. The third-order valence-corrected chi connectivity index (χ3v) is 6.66. The summed E-state index contributed by atoms with van der Waals surface area (Å²) in [7, 11) is 0. The summed E-state index contributed by atoms with van der Waals surface area (Å²) in [4.78, 5) is 13.4. The van der Waals surface area contributed by atoms with Gasteiger partial charge in [0.15, 0.2) is 4.34 Å². The molecule has 27 heavy (non-hydrogen) atoms. The van der Waals surface area contributed by atoms with Gasteiger partial charge in [0.25, 0.3) is 0 Å². The number of thioether (sulfide) groups is 2. The van der Waals surface area contributed by atoms with Gasteiger partial charge in [-0.15, -0.1) is 22.0 Å². The fourth-order valence-electron chi connectivity index (χ4n) is 2.10. The minimum absolute atomic E-state index is 0.0938. The Bertz CT molecular complexity index is 936. The van der Waals surface area contributed by atoms with E-state index in [1.807, 2.05) is 49.4 Å². The van der Waals surface area contributed by atoms with E-state index in [-0.39, 0.29) is 11.2 Å². The first-order valence-electron chi connectivity index (χ1n) is 8.12. The molecule has 1 amide bonds. The molecular formula is C19H16N4OS3. The number of benzene rings is 2. The minimum Gasteiger partial charge on any atom is -0.300 e. The lowest BCUT2D eigenvalue weighted by atomic mass is 10.2.